The summed E-state index contributed by atoms with van der Waals surface area (Å²) in [6.45, 7) is 2.74. The molecule has 0 saturated carbocycles. The second kappa shape index (κ2) is 5.30. The number of aromatic nitrogens is 3. The number of nitrogen functional groups attached to an aromatic ring is 1. The van der Waals surface area contributed by atoms with Gasteiger partial charge in [-0.05, 0) is 6.92 Å². The van der Waals surface area contributed by atoms with Crippen LogP contribution in [0.1, 0.15) is 6.92 Å². The first-order chi connectivity index (χ1) is 7.17. The third-order valence-corrected chi connectivity index (χ3v) is 1.67. The molecule has 7 heteroatoms. The van der Waals surface area contributed by atoms with E-state index < -0.39 is 0 Å². The minimum absolute atomic E-state index is 0.0199. The molecule has 0 aliphatic heterocycles. The van der Waals surface area contributed by atoms with Crippen LogP contribution in [0.2, 0.25) is 0 Å². The summed E-state index contributed by atoms with van der Waals surface area (Å²) in [4.78, 5) is 13.4. The molecule has 0 saturated heterocycles. The number of hydrogen-bond acceptors (Lipinski definition) is 7. The van der Waals surface area contributed by atoms with Crippen molar-refractivity contribution >= 4 is 11.9 Å². The Morgan fingerprint density at radius 1 is 1.40 bits per heavy atom. The van der Waals surface area contributed by atoms with Crippen molar-refractivity contribution in [2.45, 2.75) is 6.92 Å². The van der Waals surface area contributed by atoms with Crippen molar-refractivity contribution in [3.05, 3.63) is 0 Å². The van der Waals surface area contributed by atoms with E-state index in [1.54, 1.807) is 11.9 Å². The standard InChI is InChI=1S/C8H15N5O2/c1-3-15-8-11-6(9)10-7(12-8)13(2)4-5-14/h14H,3-5H2,1-2H3,(H2,9,10,11,12). The zero-order chi connectivity index (χ0) is 11.3. The van der Waals surface area contributed by atoms with Gasteiger partial charge in [-0.1, -0.05) is 0 Å². The van der Waals surface area contributed by atoms with Crippen LogP contribution in [0.5, 0.6) is 6.01 Å². The molecule has 15 heavy (non-hydrogen) atoms. The highest BCUT2D eigenvalue weighted by Gasteiger charge is 2.08. The summed E-state index contributed by atoms with van der Waals surface area (Å²) in [6.07, 6.45) is 0. The molecule has 0 spiro atoms. The van der Waals surface area contributed by atoms with E-state index in [4.69, 9.17) is 15.6 Å². The summed E-state index contributed by atoms with van der Waals surface area (Å²) < 4.78 is 5.12. The summed E-state index contributed by atoms with van der Waals surface area (Å²) >= 11 is 0. The van der Waals surface area contributed by atoms with Crippen molar-refractivity contribution in [2.75, 3.05) is 37.4 Å². The zero-order valence-corrected chi connectivity index (χ0v) is 8.84. The van der Waals surface area contributed by atoms with Crippen LogP contribution in [0.4, 0.5) is 11.9 Å². The lowest BCUT2D eigenvalue weighted by molar-refractivity contribution is 0.301. The molecule has 0 aromatic carbocycles. The minimum atomic E-state index is 0.0199. The lowest BCUT2D eigenvalue weighted by Gasteiger charge is -2.15. The van der Waals surface area contributed by atoms with E-state index in [1.165, 1.54) is 0 Å². The van der Waals surface area contributed by atoms with Gasteiger partial charge in [-0.3, -0.25) is 0 Å². The van der Waals surface area contributed by atoms with E-state index in [2.05, 4.69) is 15.0 Å². The molecule has 3 N–H and O–H groups in total. The Balaban J connectivity index is 2.87. The summed E-state index contributed by atoms with van der Waals surface area (Å²) in [5, 5.41) is 8.76. The van der Waals surface area contributed by atoms with Crippen molar-refractivity contribution in [2.24, 2.45) is 0 Å². The number of ether oxygens (including phenoxy) is 1. The Bertz CT molecular complexity index is 320. The van der Waals surface area contributed by atoms with E-state index in [9.17, 15) is 0 Å². The van der Waals surface area contributed by atoms with Gasteiger partial charge in [0, 0.05) is 13.6 Å². The fraction of sp³-hybridized carbons (Fsp3) is 0.625. The molecule has 7 nitrogen and oxygen atoms in total. The fourth-order valence-electron chi connectivity index (χ4n) is 0.975. The number of aliphatic hydroxyl groups excluding tert-OH is 1. The van der Waals surface area contributed by atoms with Crippen molar-refractivity contribution in [3.63, 3.8) is 0 Å². The third kappa shape index (κ3) is 3.21. The van der Waals surface area contributed by atoms with E-state index in [-0.39, 0.29) is 18.6 Å². The van der Waals surface area contributed by atoms with E-state index in [1.807, 2.05) is 6.92 Å². The van der Waals surface area contributed by atoms with E-state index in [0.29, 0.717) is 19.1 Å². The maximum Gasteiger partial charge on any atom is 0.323 e. The SMILES string of the molecule is CCOc1nc(N)nc(N(C)CCO)n1. The average Bonchev–Trinajstić information content (AvgIpc) is 2.17. The van der Waals surface area contributed by atoms with Crippen LogP contribution in [-0.4, -0.2) is 46.9 Å². The van der Waals surface area contributed by atoms with Gasteiger partial charge >= 0.3 is 6.01 Å². The van der Waals surface area contributed by atoms with Crippen molar-refractivity contribution in [1.29, 1.82) is 0 Å². The summed E-state index contributed by atoms with van der Waals surface area (Å²) in [5.41, 5.74) is 5.49. The summed E-state index contributed by atoms with van der Waals surface area (Å²) in [6, 6.07) is 0.199. The van der Waals surface area contributed by atoms with Crippen LogP contribution in [0, 0.1) is 0 Å². The molecule has 0 radical (unpaired) electrons. The quantitative estimate of drug-likeness (QED) is 0.666. The predicted octanol–water partition coefficient (Wildman–Crippen LogP) is -0.719. The lowest BCUT2D eigenvalue weighted by atomic mass is 10.6. The van der Waals surface area contributed by atoms with Crippen molar-refractivity contribution in [3.8, 4) is 6.01 Å². The number of likely N-dealkylation sites (N-methyl/N-ethyl adjacent to an activating group) is 1. The van der Waals surface area contributed by atoms with Gasteiger partial charge in [0.05, 0.1) is 13.2 Å². The topological polar surface area (TPSA) is 97.4 Å². The van der Waals surface area contributed by atoms with Crippen molar-refractivity contribution < 1.29 is 9.84 Å². The van der Waals surface area contributed by atoms with Gasteiger partial charge in [0.2, 0.25) is 11.9 Å². The van der Waals surface area contributed by atoms with Gasteiger partial charge in [0.1, 0.15) is 0 Å². The van der Waals surface area contributed by atoms with Gasteiger partial charge in [0.25, 0.3) is 0 Å². The van der Waals surface area contributed by atoms with Crippen LogP contribution in [0.15, 0.2) is 0 Å². The van der Waals surface area contributed by atoms with Crippen molar-refractivity contribution in [1.82, 2.24) is 15.0 Å². The highest BCUT2D eigenvalue weighted by molar-refractivity contribution is 5.34. The van der Waals surface area contributed by atoms with Crippen LogP contribution in [0.25, 0.3) is 0 Å². The average molecular weight is 213 g/mol. The van der Waals surface area contributed by atoms with E-state index >= 15 is 0 Å². The van der Waals surface area contributed by atoms with Crippen LogP contribution < -0.4 is 15.4 Å². The molecule has 0 unspecified atom stereocenters. The van der Waals surface area contributed by atoms with Crippen LogP contribution in [-0.2, 0) is 0 Å². The van der Waals surface area contributed by atoms with E-state index in [0.717, 1.165) is 0 Å². The first-order valence-electron chi connectivity index (χ1n) is 4.63. The highest BCUT2D eigenvalue weighted by Crippen LogP contribution is 2.11. The largest absolute Gasteiger partial charge is 0.464 e. The number of anilines is 2. The molecular weight excluding hydrogens is 198 g/mol. The molecule has 0 amide bonds. The van der Waals surface area contributed by atoms with Gasteiger partial charge in [-0.15, -0.1) is 0 Å². The molecule has 1 rings (SSSR count). The molecule has 0 atom stereocenters. The van der Waals surface area contributed by atoms with Gasteiger partial charge in [-0.2, -0.15) is 15.0 Å². The summed E-state index contributed by atoms with van der Waals surface area (Å²) in [5.74, 6) is 0.494. The first-order valence-corrected chi connectivity index (χ1v) is 4.63. The van der Waals surface area contributed by atoms with Gasteiger partial charge in [0.15, 0.2) is 0 Å². The number of hydrogen-bond donors (Lipinski definition) is 2. The van der Waals surface area contributed by atoms with Crippen LogP contribution in [0.3, 0.4) is 0 Å². The molecule has 1 aromatic heterocycles. The maximum atomic E-state index is 8.76. The molecule has 1 heterocycles. The molecular formula is C8H15N5O2. The van der Waals surface area contributed by atoms with Crippen LogP contribution >= 0.6 is 0 Å². The Hall–Kier alpha value is -1.63. The summed E-state index contributed by atoms with van der Waals surface area (Å²) in [7, 11) is 1.75. The second-order valence-corrected chi connectivity index (χ2v) is 2.85. The molecule has 84 valence electrons. The highest BCUT2D eigenvalue weighted by atomic mass is 16.5. The molecule has 1 aromatic rings. The maximum absolute atomic E-state index is 8.76. The predicted molar refractivity (Wildman–Crippen MR) is 55.8 cm³/mol. The first kappa shape index (κ1) is 11.4. The number of nitrogens with zero attached hydrogens (tertiary/aromatic N) is 4. The zero-order valence-electron chi connectivity index (χ0n) is 8.84. The fourth-order valence-corrected chi connectivity index (χ4v) is 0.975. The number of rotatable bonds is 5. The minimum Gasteiger partial charge on any atom is -0.464 e. The van der Waals surface area contributed by atoms with Gasteiger partial charge < -0.3 is 20.5 Å². The number of nitrogens with two attached hydrogens (primary N) is 1. The normalized spacial score (nSPS) is 10.1. The third-order valence-electron chi connectivity index (χ3n) is 1.67. The Morgan fingerprint density at radius 2 is 2.13 bits per heavy atom. The smallest absolute Gasteiger partial charge is 0.323 e. The Morgan fingerprint density at radius 3 is 2.73 bits per heavy atom. The molecule has 0 bridgehead atoms. The Kier molecular flexibility index (Phi) is 4.04. The number of aliphatic hydroxyl groups is 1. The monoisotopic (exact) mass is 213 g/mol. The molecule has 0 aliphatic carbocycles. The van der Waals surface area contributed by atoms with Gasteiger partial charge in [-0.25, -0.2) is 0 Å². The lowest BCUT2D eigenvalue weighted by Crippen LogP contribution is -2.24. The Labute approximate surface area is 87.9 Å². The second-order valence-electron chi connectivity index (χ2n) is 2.85. The molecule has 0 fully saturated rings. The molecule has 0 aliphatic rings.